The lowest BCUT2D eigenvalue weighted by Gasteiger charge is -2.10. The van der Waals surface area contributed by atoms with Gasteiger partial charge >= 0.3 is 5.97 Å². The average molecular weight is 337 g/mol. The number of nitrogens with one attached hydrogen (secondary N) is 2. The molecule has 0 unspecified atom stereocenters. The van der Waals surface area contributed by atoms with E-state index in [9.17, 15) is 13.2 Å². The molecule has 0 aromatic heterocycles. The van der Waals surface area contributed by atoms with E-state index >= 15 is 0 Å². The topological polar surface area (TPSA) is 84.5 Å². The highest BCUT2D eigenvalue weighted by Crippen LogP contribution is 2.15. The fourth-order valence-corrected chi connectivity index (χ4v) is 2.86. The lowest BCUT2D eigenvalue weighted by molar-refractivity contribution is 0.0596. The number of methoxy groups -OCH3 is 1. The van der Waals surface area contributed by atoms with Crippen molar-refractivity contribution in [2.45, 2.75) is 18.2 Å². The van der Waals surface area contributed by atoms with Crippen LogP contribution in [0.4, 0.5) is 0 Å². The molecule has 0 aliphatic rings. The van der Waals surface area contributed by atoms with Crippen LogP contribution in [0.5, 0.6) is 0 Å². The van der Waals surface area contributed by atoms with E-state index in [1.807, 2.05) is 6.92 Å². The second-order valence-electron chi connectivity index (χ2n) is 4.14. The van der Waals surface area contributed by atoms with Crippen LogP contribution in [-0.4, -0.2) is 41.1 Å². The zero-order valence-electron chi connectivity index (χ0n) is 12.1. The van der Waals surface area contributed by atoms with Crippen LogP contribution in [0, 0.1) is 0 Å². The molecule has 0 aliphatic carbocycles. The molecule has 0 aliphatic heterocycles. The summed E-state index contributed by atoms with van der Waals surface area (Å²) in [4.78, 5) is 11.5. The quantitative estimate of drug-likeness (QED) is 0.550. The summed E-state index contributed by atoms with van der Waals surface area (Å²) in [5, 5.41) is 3.09. The zero-order chi connectivity index (χ0) is 15.0. The first-order valence-electron chi connectivity index (χ1n) is 6.40. The summed E-state index contributed by atoms with van der Waals surface area (Å²) in [6.07, 6.45) is 0.984. The van der Waals surface area contributed by atoms with E-state index in [4.69, 9.17) is 0 Å². The fourth-order valence-electron chi connectivity index (χ4n) is 1.63. The number of rotatable bonds is 8. The smallest absolute Gasteiger partial charge is 0.339 e. The number of carbonyl (C=O) groups is 1. The monoisotopic (exact) mass is 336 g/mol. The molecule has 0 saturated carbocycles. The predicted octanol–water partition coefficient (Wildman–Crippen LogP) is 1.17. The summed E-state index contributed by atoms with van der Waals surface area (Å²) in [7, 11) is -2.51. The second kappa shape index (κ2) is 9.73. The molecule has 6 nitrogen and oxygen atoms in total. The molecule has 0 amide bonds. The lowest BCUT2D eigenvalue weighted by atomic mass is 10.2. The van der Waals surface area contributed by atoms with Crippen LogP contribution in [0.1, 0.15) is 23.7 Å². The number of esters is 1. The Morgan fingerprint density at radius 3 is 2.48 bits per heavy atom. The first-order chi connectivity index (χ1) is 9.53. The Hall–Kier alpha value is -1.15. The Balaban J connectivity index is 0.00000400. The van der Waals surface area contributed by atoms with Crippen LogP contribution in [0.2, 0.25) is 0 Å². The van der Waals surface area contributed by atoms with Gasteiger partial charge in [0, 0.05) is 13.1 Å². The minimum atomic E-state index is -3.72. The Morgan fingerprint density at radius 2 is 1.86 bits per heavy atom. The van der Waals surface area contributed by atoms with Crippen molar-refractivity contribution >= 4 is 28.4 Å². The van der Waals surface area contributed by atoms with Crippen LogP contribution in [0.25, 0.3) is 0 Å². The molecule has 0 spiro atoms. The summed E-state index contributed by atoms with van der Waals surface area (Å²) in [6.45, 7) is 3.66. The van der Waals surface area contributed by atoms with Crippen molar-refractivity contribution in [3.8, 4) is 0 Å². The SMILES string of the molecule is CCCNCCNS(=O)(=O)c1ccccc1C(=O)OC.Cl. The van der Waals surface area contributed by atoms with Gasteiger partial charge in [0.05, 0.1) is 17.6 Å². The first-order valence-corrected chi connectivity index (χ1v) is 7.89. The number of carbonyl (C=O) groups excluding carboxylic acids is 1. The summed E-state index contributed by atoms with van der Waals surface area (Å²) in [6, 6.07) is 5.97. The van der Waals surface area contributed by atoms with Crippen LogP contribution in [-0.2, 0) is 14.8 Å². The van der Waals surface area contributed by atoms with E-state index in [1.165, 1.54) is 19.2 Å². The summed E-state index contributed by atoms with van der Waals surface area (Å²) in [5.74, 6) is -0.671. The molecule has 8 heteroatoms. The number of benzene rings is 1. The molecule has 0 radical (unpaired) electrons. The van der Waals surface area contributed by atoms with Gasteiger partial charge in [-0.15, -0.1) is 12.4 Å². The third kappa shape index (κ3) is 6.01. The molecule has 120 valence electrons. The highest BCUT2D eigenvalue weighted by atomic mass is 35.5. The Morgan fingerprint density at radius 1 is 1.19 bits per heavy atom. The maximum Gasteiger partial charge on any atom is 0.339 e. The highest BCUT2D eigenvalue weighted by molar-refractivity contribution is 7.89. The molecule has 0 saturated heterocycles. The van der Waals surface area contributed by atoms with Gasteiger partial charge in [0.2, 0.25) is 10.0 Å². The van der Waals surface area contributed by atoms with Crippen molar-refractivity contribution in [1.82, 2.24) is 10.0 Å². The van der Waals surface area contributed by atoms with Crippen molar-refractivity contribution in [3.05, 3.63) is 29.8 Å². The molecule has 0 heterocycles. The van der Waals surface area contributed by atoms with E-state index in [0.717, 1.165) is 13.0 Å². The molecule has 0 bridgehead atoms. The third-order valence-electron chi connectivity index (χ3n) is 2.60. The van der Waals surface area contributed by atoms with Crippen LogP contribution in [0.15, 0.2) is 29.2 Å². The number of hydrogen-bond donors (Lipinski definition) is 2. The van der Waals surface area contributed by atoms with E-state index in [2.05, 4.69) is 14.8 Å². The number of ether oxygens (including phenoxy) is 1. The molecule has 0 fully saturated rings. The van der Waals surface area contributed by atoms with Crippen LogP contribution >= 0.6 is 12.4 Å². The van der Waals surface area contributed by atoms with Crippen molar-refractivity contribution in [2.24, 2.45) is 0 Å². The molecule has 2 N–H and O–H groups in total. The second-order valence-corrected chi connectivity index (χ2v) is 5.87. The molecule has 1 aromatic carbocycles. The van der Waals surface area contributed by atoms with Gasteiger partial charge in [-0.3, -0.25) is 0 Å². The summed E-state index contributed by atoms with van der Waals surface area (Å²) >= 11 is 0. The van der Waals surface area contributed by atoms with Crippen LogP contribution in [0.3, 0.4) is 0 Å². The molecule has 1 rings (SSSR count). The van der Waals surface area contributed by atoms with Crippen molar-refractivity contribution in [2.75, 3.05) is 26.7 Å². The predicted molar refractivity (Wildman–Crippen MR) is 83.4 cm³/mol. The van der Waals surface area contributed by atoms with E-state index < -0.39 is 16.0 Å². The largest absolute Gasteiger partial charge is 0.465 e. The van der Waals surface area contributed by atoms with Gasteiger partial charge in [-0.25, -0.2) is 17.9 Å². The Kier molecular flexibility index (Phi) is 9.19. The molecule has 0 atom stereocenters. The first kappa shape index (κ1) is 19.9. The lowest BCUT2D eigenvalue weighted by Crippen LogP contribution is -2.33. The normalized spacial score (nSPS) is 10.8. The molecular weight excluding hydrogens is 316 g/mol. The molecule has 21 heavy (non-hydrogen) atoms. The van der Waals surface area contributed by atoms with Gasteiger partial charge in [-0.05, 0) is 25.1 Å². The average Bonchev–Trinajstić information content (AvgIpc) is 2.46. The maximum absolute atomic E-state index is 12.2. The van der Waals surface area contributed by atoms with E-state index in [-0.39, 0.29) is 29.4 Å². The summed E-state index contributed by atoms with van der Waals surface area (Å²) < 4.78 is 31.4. The zero-order valence-corrected chi connectivity index (χ0v) is 13.7. The van der Waals surface area contributed by atoms with Crippen molar-refractivity contribution in [1.29, 1.82) is 0 Å². The van der Waals surface area contributed by atoms with Gasteiger partial charge in [0.25, 0.3) is 0 Å². The minimum Gasteiger partial charge on any atom is -0.465 e. The van der Waals surface area contributed by atoms with Crippen LogP contribution < -0.4 is 10.0 Å². The Labute approximate surface area is 131 Å². The van der Waals surface area contributed by atoms with Gasteiger partial charge in [0.1, 0.15) is 0 Å². The van der Waals surface area contributed by atoms with Gasteiger partial charge in [-0.2, -0.15) is 0 Å². The van der Waals surface area contributed by atoms with E-state index in [1.54, 1.807) is 12.1 Å². The standard InChI is InChI=1S/C13H20N2O4S.ClH/c1-3-8-14-9-10-15-20(17,18)12-7-5-4-6-11(12)13(16)19-2;/h4-7,14-15H,3,8-10H2,1-2H3;1H. The van der Waals surface area contributed by atoms with Gasteiger partial charge in [-0.1, -0.05) is 19.1 Å². The van der Waals surface area contributed by atoms with E-state index in [0.29, 0.717) is 6.54 Å². The van der Waals surface area contributed by atoms with Crippen molar-refractivity contribution in [3.63, 3.8) is 0 Å². The fraction of sp³-hybridized carbons (Fsp3) is 0.462. The highest BCUT2D eigenvalue weighted by Gasteiger charge is 2.21. The Bertz CT molecular complexity index is 549. The number of sulfonamides is 1. The van der Waals surface area contributed by atoms with Gasteiger partial charge in [0.15, 0.2) is 0 Å². The third-order valence-corrected chi connectivity index (χ3v) is 4.12. The van der Waals surface area contributed by atoms with Gasteiger partial charge < -0.3 is 10.1 Å². The minimum absolute atomic E-state index is 0. The molecular formula is C13H21ClN2O4S. The maximum atomic E-state index is 12.2. The number of hydrogen-bond acceptors (Lipinski definition) is 5. The molecule has 1 aromatic rings. The number of halogens is 1. The van der Waals surface area contributed by atoms with Crippen molar-refractivity contribution < 1.29 is 17.9 Å². The summed E-state index contributed by atoms with van der Waals surface area (Å²) in [5.41, 5.74) is 0.0315.